The average Bonchev–Trinajstić information content (AvgIpc) is 2.53. The topological polar surface area (TPSA) is 51.2 Å². The number of Topliss-reactive ketones (excluding diaryl/α,β-unsaturated/α-hetero) is 2. The molecule has 0 aliphatic heterocycles. The van der Waals surface area contributed by atoms with Gasteiger partial charge < -0.3 is 0 Å². The number of aryl methyl sites for hydroxylation is 1. The number of benzene rings is 2. The standard InChI is InChI=1S/C19H14O3/c1-12-6-8-13(9-7-12)17(20)10-14-11-18(21)15-4-2-3-5-16(15)19(14)22/h2-9,11H,10H2,1H3. The maximum Gasteiger partial charge on any atom is 0.190 e. The molecule has 3 heteroatoms. The van der Waals surface area contributed by atoms with Gasteiger partial charge >= 0.3 is 0 Å². The van der Waals surface area contributed by atoms with Crippen LogP contribution in [-0.2, 0) is 0 Å². The molecule has 0 radical (unpaired) electrons. The molecular weight excluding hydrogens is 276 g/mol. The predicted octanol–water partition coefficient (Wildman–Crippen LogP) is 3.57. The van der Waals surface area contributed by atoms with Crippen molar-refractivity contribution in [1.82, 2.24) is 0 Å². The molecule has 22 heavy (non-hydrogen) atoms. The van der Waals surface area contributed by atoms with Gasteiger partial charge in [0, 0.05) is 28.7 Å². The van der Waals surface area contributed by atoms with E-state index in [2.05, 4.69) is 0 Å². The van der Waals surface area contributed by atoms with Gasteiger partial charge in [-0.05, 0) is 13.0 Å². The number of carbonyl (C=O) groups is 3. The molecular formula is C19H14O3. The molecule has 3 nitrogen and oxygen atoms in total. The minimum atomic E-state index is -0.240. The van der Waals surface area contributed by atoms with Crippen LogP contribution >= 0.6 is 0 Å². The number of hydrogen-bond donors (Lipinski definition) is 0. The highest BCUT2D eigenvalue weighted by molar-refractivity contribution is 6.26. The maximum absolute atomic E-state index is 12.4. The number of fused-ring (bicyclic) bond motifs is 1. The molecule has 0 atom stereocenters. The normalized spacial score (nSPS) is 13.6. The zero-order chi connectivity index (χ0) is 15.7. The van der Waals surface area contributed by atoms with E-state index in [0.717, 1.165) is 5.56 Å². The lowest BCUT2D eigenvalue weighted by atomic mass is 9.86. The summed E-state index contributed by atoms with van der Waals surface area (Å²) in [5.74, 6) is -0.621. The molecule has 0 aromatic heterocycles. The third-order valence-corrected chi connectivity index (χ3v) is 3.76. The largest absolute Gasteiger partial charge is 0.294 e. The highest BCUT2D eigenvalue weighted by Crippen LogP contribution is 2.24. The molecule has 0 unspecified atom stereocenters. The van der Waals surface area contributed by atoms with Crippen LogP contribution < -0.4 is 0 Å². The Kier molecular flexibility index (Phi) is 3.55. The predicted molar refractivity (Wildman–Crippen MR) is 83.3 cm³/mol. The van der Waals surface area contributed by atoms with Crippen LogP contribution in [0.4, 0.5) is 0 Å². The Hall–Kier alpha value is -2.81. The van der Waals surface area contributed by atoms with Crippen LogP contribution in [-0.4, -0.2) is 17.3 Å². The van der Waals surface area contributed by atoms with Gasteiger partial charge in [0.25, 0.3) is 0 Å². The first-order valence-electron chi connectivity index (χ1n) is 7.05. The van der Waals surface area contributed by atoms with E-state index in [0.29, 0.717) is 16.7 Å². The summed E-state index contributed by atoms with van der Waals surface area (Å²) in [6, 6.07) is 13.9. The minimum absolute atomic E-state index is 0.0536. The Morgan fingerprint density at radius 3 is 2.23 bits per heavy atom. The second-order valence-corrected chi connectivity index (χ2v) is 5.37. The fraction of sp³-hybridized carbons (Fsp3) is 0.105. The molecule has 0 saturated heterocycles. The number of hydrogen-bond acceptors (Lipinski definition) is 3. The summed E-state index contributed by atoms with van der Waals surface area (Å²) in [4.78, 5) is 36.8. The molecule has 2 aromatic carbocycles. The molecule has 3 rings (SSSR count). The van der Waals surface area contributed by atoms with Crippen LogP contribution in [0.5, 0.6) is 0 Å². The fourth-order valence-corrected chi connectivity index (χ4v) is 2.52. The molecule has 0 amide bonds. The number of carbonyl (C=O) groups excluding carboxylic acids is 3. The third-order valence-electron chi connectivity index (χ3n) is 3.76. The molecule has 0 bridgehead atoms. The van der Waals surface area contributed by atoms with E-state index in [1.165, 1.54) is 6.08 Å². The van der Waals surface area contributed by atoms with Crippen molar-refractivity contribution in [3.05, 3.63) is 82.4 Å². The van der Waals surface area contributed by atoms with E-state index < -0.39 is 0 Å². The van der Waals surface area contributed by atoms with E-state index in [-0.39, 0.29) is 29.3 Å². The summed E-state index contributed by atoms with van der Waals surface area (Å²) in [6.07, 6.45) is 1.23. The van der Waals surface area contributed by atoms with Crippen LogP contribution in [0.2, 0.25) is 0 Å². The van der Waals surface area contributed by atoms with Crippen LogP contribution in [0.1, 0.15) is 43.1 Å². The molecule has 108 valence electrons. The van der Waals surface area contributed by atoms with Gasteiger partial charge in [-0.25, -0.2) is 0 Å². The van der Waals surface area contributed by atoms with E-state index in [1.807, 2.05) is 19.1 Å². The van der Waals surface area contributed by atoms with Crippen LogP contribution in [0.3, 0.4) is 0 Å². The van der Waals surface area contributed by atoms with Gasteiger partial charge in [-0.1, -0.05) is 54.1 Å². The van der Waals surface area contributed by atoms with Gasteiger partial charge in [0.05, 0.1) is 0 Å². The van der Waals surface area contributed by atoms with Gasteiger partial charge in [-0.2, -0.15) is 0 Å². The summed E-state index contributed by atoms with van der Waals surface area (Å²) in [5.41, 5.74) is 2.65. The minimum Gasteiger partial charge on any atom is -0.294 e. The fourth-order valence-electron chi connectivity index (χ4n) is 2.52. The number of rotatable bonds is 3. The van der Waals surface area contributed by atoms with Gasteiger partial charge in [-0.3, -0.25) is 14.4 Å². The smallest absolute Gasteiger partial charge is 0.190 e. The number of ketones is 3. The monoisotopic (exact) mass is 290 g/mol. The summed E-state index contributed by atoms with van der Waals surface area (Å²) in [5, 5.41) is 0. The van der Waals surface area contributed by atoms with E-state index in [1.54, 1.807) is 36.4 Å². The molecule has 0 fully saturated rings. The van der Waals surface area contributed by atoms with Crippen molar-refractivity contribution in [3.63, 3.8) is 0 Å². The lowest BCUT2D eigenvalue weighted by Gasteiger charge is -2.14. The zero-order valence-electron chi connectivity index (χ0n) is 12.1. The Morgan fingerprint density at radius 1 is 0.909 bits per heavy atom. The first-order chi connectivity index (χ1) is 10.6. The molecule has 0 spiro atoms. The molecule has 1 aliphatic carbocycles. The Bertz CT molecular complexity index is 811. The van der Waals surface area contributed by atoms with Crippen LogP contribution in [0, 0.1) is 6.92 Å². The van der Waals surface area contributed by atoms with Crippen LogP contribution in [0.25, 0.3) is 0 Å². The van der Waals surface area contributed by atoms with Crippen molar-refractivity contribution < 1.29 is 14.4 Å². The lowest BCUT2D eigenvalue weighted by molar-refractivity contribution is 0.0948. The van der Waals surface area contributed by atoms with Gasteiger partial charge in [0.2, 0.25) is 0 Å². The first kappa shape index (κ1) is 14.1. The highest BCUT2D eigenvalue weighted by atomic mass is 16.1. The van der Waals surface area contributed by atoms with Gasteiger partial charge in [0.1, 0.15) is 0 Å². The highest BCUT2D eigenvalue weighted by Gasteiger charge is 2.26. The van der Waals surface area contributed by atoms with Crippen molar-refractivity contribution >= 4 is 17.3 Å². The maximum atomic E-state index is 12.4. The van der Waals surface area contributed by atoms with Crippen molar-refractivity contribution in [2.24, 2.45) is 0 Å². The number of allylic oxidation sites excluding steroid dienone is 2. The second kappa shape index (κ2) is 5.53. The summed E-state index contributed by atoms with van der Waals surface area (Å²) < 4.78 is 0. The molecule has 1 aliphatic rings. The quantitative estimate of drug-likeness (QED) is 0.812. The van der Waals surface area contributed by atoms with Crippen molar-refractivity contribution in [2.45, 2.75) is 13.3 Å². The second-order valence-electron chi connectivity index (χ2n) is 5.37. The van der Waals surface area contributed by atoms with E-state index >= 15 is 0 Å². The molecule has 0 heterocycles. The van der Waals surface area contributed by atoms with Crippen molar-refractivity contribution in [3.8, 4) is 0 Å². The average molecular weight is 290 g/mol. The zero-order valence-corrected chi connectivity index (χ0v) is 12.1. The van der Waals surface area contributed by atoms with Gasteiger partial charge in [0.15, 0.2) is 17.3 Å². The van der Waals surface area contributed by atoms with Crippen LogP contribution in [0.15, 0.2) is 60.2 Å². The summed E-state index contributed by atoms with van der Waals surface area (Å²) in [7, 11) is 0. The third kappa shape index (κ3) is 2.53. The summed E-state index contributed by atoms with van der Waals surface area (Å²) >= 11 is 0. The Morgan fingerprint density at radius 2 is 1.55 bits per heavy atom. The Balaban J connectivity index is 1.87. The molecule has 2 aromatic rings. The van der Waals surface area contributed by atoms with Crippen molar-refractivity contribution in [1.29, 1.82) is 0 Å². The Labute approximate surface area is 128 Å². The molecule has 0 N–H and O–H groups in total. The lowest BCUT2D eigenvalue weighted by Crippen LogP contribution is -2.18. The van der Waals surface area contributed by atoms with E-state index in [9.17, 15) is 14.4 Å². The molecule has 0 saturated carbocycles. The van der Waals surface area contributed by atoms with Gasteiger partial charge in [-0.15, -0.1) is 0 Å². The van der Waals surface area contributed by atoms with E-state index in [4.69, 9.17) is 0 Å². The van der Waals surface area contributed by atoms with Crippen molar-refractivity contribution in [2.75, 3.05) is 0 Å². The SMILES string of the molecule is Cc1ccc(C(=O)CC2=CC(=O)c3ccccc3C2=O)cc1. The summed E-state index contributed by atoms with van der Waals surface area (Å²) in [6.45, 7) is 1.94. The first-order valence-corrected chi connectivity index (χ1v) is 7.05.